The van der Waals surface area contributed by atoms with E-state index in [-0.39, 0.29) is 5.54 Å². The Bertz CT molecular complexity index is 99.1. The normalized spacial score (nSPS) is 37.7. The molecule has 2 heteroatoms. The standard InChI is InChI=1S/C7H16N2/c1-3-9-5-4-7(2,8)6-9/h3-6,8H2,1-2H3/t7-/m0/s1. The summed E-state index contributed by atoms with van der Waals surface area (Å²) in [6.07, 6.45) is 1.15. The molecule has 1 aliphatic heterocycles. The highest BCUT2D eigenvalue weighted by atomic mass is 15.2. The number of nitrogens with two attached hydrogens (primary N) is 1. The average molecular weight is 128 g/mol. The van der Waals surface area contributed by atoms with Gasteiger partial charge in [0.2, 0.25) is 0 Å². The average Bonchev–Trinajstić information content (AvgIpc) is 2.10. The maximum atomic E-state index is 5.90. The van der Waals surface area contributed by atoms with Crippen molar-refractivity contribution in [3.63, 3.8) is 0 Å². The van der Waals surface area contributed by atoms with Crippen LogP contribution in [0.15, 0.2) is 0 Å². The van der Waals surface area contributed by atoms with Crippen LogP contribution in [0.2, 0.25) is 0 Å². The van der Waals surface area contributed by atoms with E-state index in [4.69, 9.17) is 5.73 Å². The molecule has 0 unspecified atom stereocenters. The van der Waals surface area contributed by atoms with Gasteiger partial charge in [0.1, 0.15) is 0 Å². The fraction of sp³-hybridized carbons (Fsp3) is 1.00. The summed E-state index contributed by atoms with van der Waals surface area (Å²) in [5.74, 6) is 0. The summed E-state index contributed by atoms with van der Waals surface area (Å²) in [4.78, 5) is 2.39. The first-order valence-corrected chi connectivity index (χ1v) is 3.65. The van der Waals surface area contributed by atoms with Crippen LogP contribution in [0.3, 0.4) is 0 Å². The van der Waals surface area contributed by atoms with Crippen molar-refractivity contribution < 1.29 is 0 Å². The molecule has 2 nitrogen and oxygen atoms in total. The third-order valence-electron chi connectivity index (χ3n) is 2.03. The first-order valence-electron chi connectivity index (χ1n) is 3.65. The van der Waals surface area contributed by atoms with E-state index in [0.29, 0.717) is 0 Å². The fourth-order valence-corrected chi connectivity index (χ4v) is 1.35. The summed E-state index contributed by atoms with van der Waals surface area (Å²) < 4.78 is 0. The number of rotatable bonds is 1. The number of hydrogen-bond acceptors (Lipinski definition) is 2. The van der Waals surface area contributed by atoms with Crippen molar-refractivity contribution in [3.8, 4) is 0 Å². The molecule has 0 aromatic heterocycles. The third-order valence-corrected chi connectivity index (χ3v) is 2.03. The van der Waals surface area contributed by atoms with Crippen LogP contribution in [0, 0.1) is 0 Å². The van der Waals surface area contributed by atoms with E-state index >= 15 is 0 Å². The highest BCUT2D eigenvalue weighted by Crippen LogP contribution is 2.16. The molecule has 1 atom stereocenters. The Morgan fingerprint density at radius 3 is 2.56 bits per heavy atom. The van der Waals surface area contributed by atoms with Gasteiger partial charge in [0.25, 0.3) is 0 Å². The maximum absolute atomic E-state index is 5.90. The Morgan fingerprint density at radius 2 is 2.33 bits per heavy atom. The lowest BCUT2D eigenvalue weighted by Gasteiger charge is -2.17. The van der Waals surface area contributed by atoms with E-state index in [2.05, 4.69) is 18.7 Å². The molecule has 1 fully saturated rings. The molecule has 0 aromatic rings. The number of nitrogens with zero attached hydrogens (tertiary/aromatic N) is 1. The zero-order valence-electron chi connectivity index (χ0n) is 6.35. The molecule has 1 saturated heterocycles. The lowest BCUT2D eigenvalue weighted by Crippen LogP contribution is -2.39. The fourth-order valence-electron chi connectivity index (χ4n) is 1.35. The predicted octanol–water partition coefficient (Wildman–Crippen LogP) is 0.429. The first-order chi connectivity index (χ1) is 4.14. The van der Waals surface area contributed by atoms with Gasteiger partial charge < -0.3 is 10.6 Å². The highest BCUT2D eigenvalue weighted by molar-refractivity contribution is 4.89. The molecule has 9 heavy (non-hydrogen) atoms. The zero-order chi connectivity index (χ0) is 6.91. The SMILES string of the molecule is CCN1CC[C@](C)(N)C1. The molecular formula is C7H16N2. The van der Waals surface area contributed by atoms with Gasteiger partial charge in [-0.3, -0.25) is 0 Å². The van der Waals surface area contributed by atoms with E-state index < -0.39 is 0 Å². The van der Waals surface area contributed by atoms with Gasteiger partial charge in [-0.25, -0.2) is 0 Å². The Morgan fingerprint density at radius 1 is 1.67 bits per heavy atom. The molecule has 54 valence electrons. The summed E-state index contributed by atoms with van der Waals surface area (Å²) in [6.45, 7) is 7.71. The molecule has 0 amide bonds. The second-order valence-electron chi connectivity index (χ2n) is 3.27. The van der Waals surface area contributed by atoms with Crippen LogP contribution in [0.5, 0.6) is 0 Å². The molecule has 1 aliphatic rings. The minimum absolute atomic E-state index is 0.0933. The monoisotopic (exact) mass is 128 g/mol. The zero-order valence-corrected chi connectivity index (χ0v) is 6.35. The summed E-state index contributed by atoms with van der Waals surface area (Å²) in [5.41, 5.74) is 6.00. The number of likely N-dealkylation sites (tertiary alicyclic amines) is 1. The summed E-state index contributed by atoms with van der Waals surface area (Å²) >= 11 is 0. The largest absolute Gasteiger partial charge is 0.324 e. The number of likely N-dealkylation sites (N-methyl/N-ethyl adjacent to an activating group) is 1. The molecule has 0 spiro atoms. The van der Waals surface area contributed by atoms with Gasteiger partial charge in [0.15, 0.2) is 0 Å². The number of hydrogen-bond donors (Lipinski definition) is 1. The maximum Gasteiger partial charge on any atom is 0.0267 e. The van der Waals surface area contributed by atoms with Crippen molar-refractivity contribution in [2.24, 2.45) is 5.73 Å². The van der Waals surface area contributed by atoms with Gasteiger partial charge in [0, 0.05) is 12.1 Å². The van der Waals surface area contributed by atoms with E-state index in [0.717, 1.165) is 19.5 Å². The molecule has 1 rings (SSSR count). The molecule has 0 radical (unpaired) electrons. The minimum atomic E-state index is 0.0933. The van der Waals surface area contributed by atoms with E-state index in [9.17, 15) is 0 Å². The Labute approximate surface area is 57.0 Å². The quantitative estimate of drug-likeness (QED) is 0.555. The first kappa shape index (κ1) is 7.03. The van der Waals surface area contributed by atoms with E-state index in [1.54, 1.807) is 0 Å². The van der Waals surface area contributed by atoms with Crippen LogP contribution >= 0.6 is 0 Å². The predicted molar refractivity (Wildman–Crippen MR) is 39.3 cm³/mol. The summed E-state index contributed by atoms with van der Waals surface area (Å²) in [6, 6.07) is 0. The Kier molecular flexibility index (Phi) is 1.78. The molecular weight excluding hydrogens is 112 g/mol. The summed E-state index contributed by atoms with van der Waals surface area (Å²) in [7, 11) is 0. The molecule has 2 N–H and O–H groups in total. The van der Waals surface area contributed by atoms with Crippen molar-refractivity contribution in [2.45, 2.75) is 25.8 Å². The van der Waals surface area contributed by atoms with Gasteiger partial charge in [-0.2, -0.15) is 0 Å². The smallest absolute Gasteiger partial charge is 0.0267 e. The van der Waals surface area contributed by atoms with Gasteiger partial charge >= 0.3 is 0 Å². The van der Waals surface area contributed by atoms with Crippen LogP contribution in [0.25, 0.3) is 0 Å². The lowest BCUT2D eigenvalue weighted by molar-refractivity contribution is 0.334. The van der Waals surface area contributed by atoms with Gasteiger partial charge in [-0.1, -0.05) is 6.92 Å². The topological polar surface area (TPSA) is 29.3 Å². The van der Waals surface area contributed by atoms with E-state index in [1.807, 2.05) is 0 Å². The highest BCUT2D eigenvalue weighted by Gasteiger charge is 2.28. The second kappa shape index (κ2) is 2.27. The molecule has 0 aromatic carbocycles. The van der Waals surface area contributed by atoms with Crippen LogP contribution < -0.4 is 5.73 Å². The Hall–Kier alpha value is -0.0800. The van der Waals surface area contributed by atoms with E-state index in [1.165, 1.54) is 6.54 Å². The van der Waals surface area contributed by atoms with Crippen LogP contribution in [-0.4, -0.2) is 30.1 Å². The van der Waals surface area contributed by atoms with Gasteiger partial charge in [-0.05, 0) is 26.4 Å². The van der Waals surface area contributed by atoms with Gasteiger partial charge in [-0.15, -0.1) is 0 Å². The van der Waals surface area contributed by atoms with Crippen molar-refractivity contribution >= 4 is 0 Å². The van der Waals surface area contributed by atoms with Gasteiger partial charge in [0.05, 0.1) is 0 Å². The second-order valence-corrected chi connectivity index (χ2v) is 3.27. The van der Waals surface area contributed by atoms with Crippen molar-refractivity contribution in [1.82, 2.24) is 4.90 Å². The summed E-state index contributed by atoms with van der Waals surface area (Å²) in [5, 5.41) is 0. The Balaban J connectivity index is 2.38. The van der Waals surface area contributed by atoms with Crippen LogP contribution in [0.4, 0.5) is 0 Å². The molecule has 0 bridgehead atoms. The molecule has 1 heterocycles. The van der Waals surface area contributed by atoms with Crippen LogP contribution in [0.1, 0.15) is 20.3 Å². The van der Waals surface area contributed by atoms with Crippen LogP contribution in [-0.2, 0) is 0 Å². The third kappa shape index (κ3) is 1.66. The molecule has 0 saturated carbocycles. The minimum Gasteiger partial charge on any atom is -0.324 e. The molecule has 0 aliphatic carbocycles. The lowest BCUT2D eigenvalue weighted by atomic mass is 10.0. The van der Waals surface area contributed by atoms with Crippen molar-refractivity contribution in [3.05, 3.63) is 0 Å². The van der Waals surface area contributed by atoms with Crippen molar-refractivity contribution in [1.29, 1.82) is 0 Å². The van der Waals surface area contributed by atoms with Crippen molar-refractivity contribution in [2.75, 3.05) is 19.6 Å².